The van der Waals surface area contributed by atoms with Gasteiger partial charge in [-0.25, -0.2) is 8.42 Å². The average molecular weight is 306 g/mol. The van der Waals surface area contributed by atoms with Gasteiger partial charge in [0.25, 0.3) is 9.84 Å². The molecule has 0 aliphatic rings. The summed E-state index contributed by atoms with van der Waals surface area (Å²) in [5.41, 5.74) is -4.77. The van der Waals surface area contributed by atoms with E-state index in [1.165, 1.54) is 12.1 Å². The summed E-state index contributed by atoms with van der Waals surface area (Å²) in [6.07, 6.45) is 0. The molecule has 8 heteroatoms. The van der Waals surface area contributed by atoms with Crippen molar-refractivity contribution in [2.24, 2.45) is 5.92 Å². The Morgan fingerprint density at radius 3 is 2.20 bits per heavy atom. The first kappa shape index (κ1) is 16.3. The van der Waals surface area contributed by atoms with Crippen molar-refractivity contribution >= 4 is 15.5 Å². The number of sulfone groups is 1. The predicted molar refractivity (Wildman–Crippen MR) is 67.7 cm³/mol. The van der Waals surface area contributed by atoms with E-state index in [0.29, 0.717) is 12.2 Å². The molecule has 0 unspecified atom stereocenters. The highest BCUT2D eigenvalue weighted by atomic mass is 32.2. The van der Waals surface area contributed by atoms with Crippen molar-refractivity contribution in [3.8, 4) is 6.07 Å². The van der Waals surface area contributed by atoms with Gasteiger partial charge >= 0.3 is 5.51 Å². The fraction of sp³-hybridized carbons (Fsp3) is 0.417. The van der Waals surface area contributed by atoms with E-state index >= 15 is 0 Å². The predicted octanol–water partition coefficient (Wildman–Crippen LogP) is 2.58. The first-order chi connectivity index (χ1) is 9.09. The third-order valence-corrected chi connectivity index (χ3v) is 4.16. The van der Waals surface area contributed by atoms with Crippen LogP contribution in [-0.4, -0.2) is 27.5 Å². The van der Waals surface area contributed by atoms with E-state index < -0.39 is 20.2 Å². The third kappa shape index (κ3) is 3.42. The summed E-state index contributed by atoms with van der Waals surface area (Å²) in [5.74, 6) is -0.251. The molecule has 0 aliphatic carbocycles. The zero-order valence-electron chi connectivity index (χ0n) is 10.8. The Balaban J connectivity index is 2.99. The van der Waals surface area contributed by atoms with Crippen molar-refractivity contribution in [3.63, 3.8) is 0 Å². The molecule has 0 bridgehead atoms. The molecule has 0 radical (unpaired) electrons. The number of halogens is 3. The normalized spacial score (nSPS) is 13.6. The van der Waals surface area contributed by atoms with E-state index in [4.69, 9.17) is 5.26 Å². The van der Waals surface area contributed by atoms with Crippen molar-refractivity contribution in [2.75, 3.05) is 18.5 Å². The van der Waals surface area contributed by atoms with Gasteiger partial charge in [-0.15, -0.1) is 0 Å². The minimum Gasteiger partial charge on any atom is -0.373 e. The Hall–Kier alpha value is -1.75. The lowest BCUT2D eigenvalue weighted by Crippen LogP contribution is -2.24. The number of rotatable bonds is 4. The van der Waals surface area contributed by atoms with Gasteiger partial charge in [0.15, 0.2) is 0 Å². The second kappa shape index (κ2) is 5.71. The van der Waals surface area contributed by atoms with Crippen LogP contribution in [0.15, 0.2) is 29.2 Å². The molecule has 1 rings (SSSR count). The van der Waals surface area contributed by atoms with Crippen LogP contribution in [0.5, 0.6) is 0 Å². The van der Waals surface area contributed by atoms with Gasteiger partial charge in [-0.2, -0.15) is 18.4 Å². The van der Waals surface area contributed by atoms with E-state index in [1.54, 1.807) is 18.9 Å². The molecular formula is C12H13F3N2O2S. The van der Waals surface area contributed by atoms with Crippen LogP contribution in [0.4, 0.5) is 18.9 Å². The highest BCUT2D eigenvalue weighted by Crippen LogP contribution is 2.31. The van der Waals surface area contributed by atoms with E-state index in [1.807, 2.05) is 6.07 Å². The summed E-state index contributed by atoms with van der Waals surface area (Å²) in [6, 6.07) is 6.41. The van der Waals surface area contributed by atoms with Crippen LogP contribution in [0.2, 0.25) is 0 Å². The summed E-state index contributed by atoms with van der Waals surface area (Å²) in [4.78, 5) is 0.869. The Labute approximate surface area is 115 Å². The molecule has 0 fully saturated rings. The van der Waals surface area contributed by atoms with Gasteiger partial charge in [0.1, 0.15) is 0 Å². The van der Waals surface area contributed by atoms with Gasteiger partial charge in [0, 0.05) is 19.3 Å². The van der Waals surface area contributed by atoms with Crippen molar-refractivity contribution < 1.29 is 21.6 Å². The number of alkyl halides is 3. The SMILES string of the molecule is C[C@H](C#N)CN(C)c1ccc(S(=O)(=O)C(F)(F)F)cc1. The summed E-state index contributed by atoms with van der Waals surface area (Å²) in [5, 5.41) is 8.69. The number of hydrogen-bond donors (Lipinski definition) is 0. The van der Waals surface area contributed by atoms with Gasteiger partial charge in [0.05, 0.1) is 16.9 Å². The zero-order valence-corrected chi connectivity index (χ0v) is 11.7. The van der Waals surface area contributed by atoms with Gasteiger partial charge in [-0.3, -0.25) is 0 Å². The fourth-order valence-corrected chi connectivity index (χ4v) is 2.33. The number of anilines is 1. The molecule has 20 heavy (non-hydrogen) atoms. The molecule has 0 aromatic heterocycles. The van der Waals surface area contributed by atoms with Gasteiger partial charge in [-0.1, -0.05) is 0 Å². The minimum absolute atomic E-state index is 0.251. The lowest BCUT2D eigenvalue weighted by atomic mass is 10.2. The van der Waals surface area contributed by atoms with Crippen LogP contribution in [0.1, 0.15) is 6.92 Å². The van der Waals surface area contributed by atoms with Crippen molar-refractivity contribution in [3.05, 3.63) is 24.3 Å². The summed E-state index contributed by atoms with van der Waals surface area (Å²) < 4.78 is 59.4. The van der Waals surface area contributed by atoms with Gasteiger partial charge in [-0.05, 0) is 31.2 Å². The molecule has 0 aliphatic heterocycles. The molecule has 1 atom stereocenters. The molecule has 4 nitrogen and oxygen atoms in total. The molecule has 0 saturated heterocycles. The number of benzene rings is 1. The van der Waals surface area contributed by atoms with Gasteiger partial charge < -0.3 is 4.90 Å². The molecule has 1 aromatic carbocycles. The van der Waals surface area contributed by atoms with Crippen LogP contribution in [0.3, 0.4) is 0 Å². The molecule has 0 saturated carbocycles. The lowest BCUT2D eigenvalue weighted by molar-refractivity contribution is -0.0436. The summed E-state index contributed by atoms with van der Waals surface area (Å²) >= 11 is 0. The van der Waals surface area contributed by atoms with E-state index in [9.17, 15) is 21.6 Å². The average Bonchev–Trinajstić information content (AvgIpc) is 2.37. The largest absolute Gasteiger partial charge is 0.501 e. The Morgan fingerprint density at radius 2 is 1.80 bits per heavy atom. The van der Waals surface area contributed by atoms with E-state index in [0.717, 1.165) is 12.1 Å². The number of nitrogens with zero attached hydrogens (tertiary/aromatic N) is 2. The Kier molecular flexibility index (Phi) is 4.65. The summed E-state index contributed by atoms with van der Waals surface area (Å²) in [6.45, 7) is 2.10. The van der Waals surface area contributed by atoms with E-state index in [2.05, 4.69) is 0 Å². The second-order valence-corrected chi connectivity index (χ2v) is 6.29. The standard InChI is InChI=1S/C12H13F3N2O2S/c1-9(7-16)8-17(2)10-3-5-11(6-4-10)20(18,19)12(13,14)15/h3-6,9H,8H2,1-2H3/t9-/m1/s1. The quantitative estimate of drug-likeness (QED) is 0.858. The fourth-order valence-electron chi connectivity index (χ4n) is 1.57. The molecule has 110 valence electrons. The molecule has 0 heterocycles. The smallest absolute Gasteiger partial charge is 0.373 e. The van der Waals surface area contributed by atoms with Crippen LogP contribution in [0, 0.1) is 17.2 Å². The lowest BCUT2D eigenvalue weighted by Gasteiger charge is -2.20. The first-order valence-corrected chi connectivity index (χ1v) is 7.10. The maximum absolute atomic E-state index is 12.4. The van der Waals surface area contributed by atoms with Crippen LogP contribution >= 0.6 is 0 Å². The van der Waals surface area contributed by atoms with Crippen LogP contribution < -0.4 is 4.90 Å². The number of nitriles is 1. The highest BCUT2D eigenvalue weighted by Gasteiger charge is 2.46. The maximum atomic E-state index is 12.4. The first-order valence-electron chi connectivity index (χ1n) is 5.61. The molecule has 0 spiro atoms. The summed E-state index contributed by atoms with van der Waals surface area (Å²) in [7, 11) is -3.65. The van der Waals surface area contributed by atoms with E-state index in [-0.39, 0.29) is 5.92 Å². The molecule has 0 N–H and O–H groups in total. The third-order valence-electron chi connectivity index (χ3n) is 2.66. The molecular weight excluding hydrogens is 293 g/mol. The monoisotopic (exact) mass is 306 g/mol. The topological polar surface area (TPSA) is 61.2 Å². The maximum Gasteiger partial charge on any atom is 0.501 e. The zero-order chi connectivity index (χ0) is 15.6. The van der Waals surface area contributed by atoms with Crippen molar-refractivity contribution in [2.45, 2.75) is 17.3 Å². The molecule has 1 aromatic rings. The second-order valence-electron chi connectivity index (χ2n) is 4.35. The van der Waals surface area contributed by atoms with Crippen LogP contribution in [-0.2, 0) is 9.84 Å². The Morgan fingerprint density at radius 1 is 1.30 bits per heavy atom. The minimum atomic E-state index is -5.32. The van der Waals surface area contributed by atoms with Gasteiger partial charge in [0.2, 0.25) is 0 Å². The number of hydrogen-bond acceptors (Lipinski definition) is 4. The molecule has 0 amide bonds. The highest BCUT2D eigenvalue weighted by molar-refractivity contribution is 7.92. The van der Waals surface area contributed by atoms with Crippen molar-refractivity contribution in [1.29, 1.82) is 5.26 Å². The van der Waals surface area contributed by atoms with Crippen molar-refractivity contribution in [1.82, 2.24) is 0 Å². The van der Waals surface area contributed by atoms with Crippen LogP contribution in [0.25, 0.3) is 0 Å². The Bertz CT molecular complexity index is 603.